The second-order valence-electron chi connectivity index (χ2n) is 5.94. The van der Waals surface area contributed by atoms with Crippen LogP contribution in [0.5, 0.6) is 0 Å². The smallest absolute Gasteiger partial charge is 0.193 e. The minimum atomic E-state index is -3.00. The van der Waals surface area contributed by atoms with E-state index in [1.165, 1.54) is 12.2 Å². The number of sulfone groups is 1. The van der Waals surface area contributed by atoms with Gasteiger partial charge in [-0.2, -0.15) is 11.8 Å². The molecular weight excluding hydrogens is 306 g/mol. The number of nitrogens with zero attached hydrogens (tertiary/aromatic N) is 2. The van der Waals surface area contributed by atoms with Crippen LogP contribution in [0.2, 0.25) is 0 Å². The maximum Gasteiger partial charge on any atom is 0.193 e. The van der Waals surface area contributed by atoms with E-state index in [1.54, 1.807) is 13.8 Å². The van der Waals surface area contributed by atoms with Crippen molar-refractivity contribution in [3.8, 4) is 0 Å². The van der Waals surface area contributed by atoms with Gasteiger partial charge in [0.25, 0.3) is 0 Å². The first-order valence-corrected chi connectivity index (χ1v) is 10.6. The Labute approximate surface area is 133 Å². The molecule has 0 unspecified atom stereocenters. The zero-order chi connectivity index (χ0) is 15.9. The number of thioether (sulfide) groups is 1. The van der Waals surface area contributed by atoms with Crippen molar-refractivity contribution >= 4 is 27.6 Å². The zero-order valence-electron chi connectivity index (χ0n) is 13.7. The van der Waals surface area contributed by atoms with Gasteiger partial charge in [-0.25, -0.2) is 8.42 Å². The average molecular weight is 336 g/mol. The van der Waals surface area contributed by atoms with E-state index in [-0.39, 0.29) is 5.75 Å². The number of rotatable bonds is 6. The van der Waals surface area contributed by atoms with E-state index in [1.807, 2.05) is 18.7 Å². The van der Waals surface area contributed by atoms with E-state index in [0.29, 0.717) is 13.1 Å². The number of guanidine groups is 1. The Morgan fingerprint density at radius 1 is 1.38 bits per heavy atom. The van der Waals surface area contributed by atoms with Gasteiger partial charge in [-0.3, -0.25) is 4.99 Å². The maximum atomic E-state index is 12.1. The number of aliphatic imine (C=N–C) groups is 1. The molecule has 0 spiro atoms. The summed E-state index contributed by atoms with van der Waals surface area (Å²) in [6.07, 6.45) is 4.36. The zero-order valence-corrected chi connectivity index (χ0v) is 15.3. The van der Waals surface area contributed by atoms with Crippen LogP contribution in [-0.2, 0) is 9.84 Å². The minimum absolute atomic E-state index is 0.205. The van der Waals surface area contributed by atoms with Crippen LogP contribution in [0.1, 0.15) is 33.6 Å². The molecule has 0 aliphatic carbocycles. The third-order valence-electron chi connectivity index (χ3n) is 3.70. The molecule has 0 aromatic heterocycles. The summed E-state index contributed by atoms with van der Waals surface area (Å²) in [6.45, 7) is 8.27. The first-order valence-electron chi connectivity index (χ1n) is 7.58. The Kier molecular flexibility index (Phi) is 7.33. The molecule has 1 fully saturated rings. The van der Waals surface area contributed by atoms with Crippen LogP contribution >= 0.6 is 11.8 Å². The first kappa shape index (κ1) is 18.6. The molecule has 0 saturated carbocycles. The lowest BCUT2D eigenvalue weighted by Crippen LogP contribution is -2.57. The highest BCUT2D eigenvalue weighted by atomic mass is 32.2. The molecule has 0 amide bonds. The summed E-state index contributed by atoms with van der Waals surface area (Å²) >= 11 is 1.86. The van der Waals surface area contributed by atoms with Crippen LogP contribution in [0.15, 0.2) is 4.99 Å². The van der Waals surface area contributed by atoms with Crippen LogP contribution in [0.25, 0.3) is 0 Å². The molecule has 0 aromatic rings. The quantitative estimate of drug-likeness (QED) is 0.454. The van der Waals surface area contributed by atoms with Crippen molar-refractivity contribution in [2.75, 3.05) is 43.9 Å². The Bertz CT molecular complexity index is 447. The highest BCUT2D eigenvalue weighted by molar-refractivity contribution is 7.98. The van der Waals surface area contributed by atoms with Crippen molar-refractivity contribution in [2.24, 2.45) is 4.99 Å². The molecule has 0 atom stereocenters. The van der Waals surface area contributed by atoms with Crippen LogP contribution in [0, 0.1) is 0 Å². The standard InChI is InChI=1S/C14H29N3O2S2/c1-5-15-13(16-8-6-7-10-20-4)17-9-11-21(18,19)14(2,3)12-17/h5-12H2,1-4H3,(H,15,16). The molecule has 1 rings (SSSR count). The molecule has 0 radical (unpaired) electrons. The van der Waals surface area contributed by atoms with Gasteiger partial charge in [-0.15, -0.1) is 0 Å². The van der Waals surface area contributed by atoms with E-state index < -0.39 is 14.6 Å². The van der Waals surface area contributed by atoms with Crippen molar-refractivity contribution in [3.05, 3.63) is 0 Å². The predicted octanol–water partition coefficient (Wildman–Crippen LogP) is 1.60. The fourth-order valence-electron chi connectivity index (χ4n) is 2.29. The maximum absolute atomic E-state index is 12.1. The van der Waals surface area contributed by atoms with Crippen molar-refractivity contribution in [1.82, 2.24) is 10.2 Å². The molecule has 1 saturated heterocycles. The second kappa shape index (κ2) is 8.27. The molecule has 1 N–H and O–H groups in total. The van der Waals surface area contributed by atoms with Crippen molar-refractivity contribution in [1.29, 1.82) is 0 Å². The molecule has 1 aliphatic rings. The number of hydrogen-bond acceptors (Lipinski definition) is 4. The van der Waals surface area contributed by atoms with E-state index in [9.17, 15) is 8.42 Å². The predicted molar refractivity (Wildman–Crippen MR) is 93.0 cm³/mol. The normalized spacial score (nSPS) is 21.3. The van der Waals surface area contributed by atoms with E-state index in [0.717, 1.165) is 25.5 Å². The summed E-state index contributed by atoms with van der Waals surface area (Å²) in [7, 11) is -3.00. The number of unbranched alkanes of at least 4 members (excludes halogenated alkanes) is 1. The molecule has 0 aromatic carbocycles. The SMILES string of the molecule is CCNC(=NCCCCSC)N1CCS(=O)(=O)C(C)(C)C1. The Balaban J connectivity index is 2.66. The van der Waals surface area contributed by atoms with Crippen molar-refractivity contribution in [3.63, 3.8) is 0 Å². The van der Waals surface area contributed by atoms with Gasteiger partial charge in [-0.1, -0.05) is 0 Å². The summed E-state index contributed by atoms with van der Waals surface area (Å²) in [5.74, 6) is 2.22. The van der Waals surface area contributed by atoms with Gasteiger partial charge in [0, 0.05) is 26.2 Å². The van der Waals surface area contributed by atoms with E-state index >= 15 is 0 Å². The molecule has 7 heteroatoms. The Morgan fingerprint density at radius 2 is 2.10 bits per heavy atom. The molecule has 21 heavy (non-hydrogen) atoms. The third-order valence-corrected chi connectivity index (χ3v) is 6.93. The molecule has 1 aliphatic heterocycles. The summed E-state index contributed by atoms with van der Waals surface area (Å²) in [4.78, 5) is 6.73. The fourth-order valence-corrected chi connectivity index (χ4v) is 4.15. The Morgan fingerprint density at radius 3 is 2.67 bits per heavy atom. The number of hydrogen-bond donors (Lipinski definition) is 1. The van der Waals surface area contributed by atoms with Crippen LogP contribution in [0.3, 0.4) is 0 Å². The lowest BCUT2D eigenvalue weighted by atomic mass is 10.2. The summed E-state index contributed by atoms with van der Waals surface area (Å²) < 4.78 is 23.4. The lowest BCUT2D eigenvalue weighted by molar-refractivity contribution is 0.353. The largest absolute Gasteiger partial charge is 0.357 e. The lowest BCUT2D eigenvalue weighted by Gasteiger charge is -2.39. The monoisotopic (exact) mass is 335 g/mol. The summed E-state index contributed by atoms with van der Waals surface area (Å²) in [5, 5.41) is 3.28. The third kappa shape index (κ3) is 5.36. The van der Waals surface area contributed by atoms with Gasteiger partial charge in [-0.05, 0) is 45.6 Å². The van der Waals surface area contributed by atoms with Crippen LogP contribution in [-0.4, -0.2) is 68.0 Å². The van der Waals surface area contributed by atoms with Gasteiger partial charge >= 0.3 is 0 Å². The van der Waals surface area contributed by atoms with Gasteiger partial charge in [0.2, 0.25) is 0 Å². The molecule has 5 nitrogen and oxygen atoms in total. The number of nitrogens with one attached hydrogen (secondary N) is 1. The second-order valence-corrected chi connectivity index (χ2v) is 9.66. The summed E-state index contributed by atoms with van der Waals surface area (Å²) in [5.41, 5.74) is 0. The highest BCUT2D eigenvalue weighted by Gasteiger charge is 2.40. The van der Waals surface area contributed by atoms with Gasteiger partial charge in [0.1, 0.15) is 0 Å². The molecule has 124 valence electrons. The fraction of sp³-hybridized carbons (Fsp3) is 0.929. The van der Waals surface area contributed by atoms with Crippen molar-refractivity contribution < 1.29 is 8.42 Å². The molecule has 0 bridgehead atoms. The minimum Gasteiger partial charge on any atom is -0.357 e. The van der Waals surface area contributed by atoms with Gasteiger partial charge < -0.3 is 10.2 Å². The van der Waals surface area contributed by atoms with Crippen molar-refractivity contribution in [2.45, 2.75) is 38.4 Å². The topological polar surface area (TPSA) is 61.8 Å². The van der Waals surface area contributed by atoms with Crippen LogP contribution < -0.4 is 5.32 Å². The average Bonchev–Trinajstić information content (AvgIpc) is 2.40. The highest BCUT2D eigenvalue weighted by Crippen LogP contribution is 2.23. The first-order chi connectivity index (χ1) is 9.84. The Hall–Kier alpha value is -0.430. The summed E-state index contributed by atoms with van der Waals surface area (Å²) in [6, 6.07) is 0. The van der Waals surface area contributed by atoms with Gasteiger partial charge in [0.05, 0.1) is 10.5 Å². The molecule has 1 heterocycles. The van der Waals surface area contributed by atoms with Crippen LogP contribution in [0.4, 0.5) is 0 Å². The van der Waals surface area contributed by atoms with E-state index in [2.05, 4.69) is 21.5 Å². The van der Waals surface area contributed by atoms with Gasteiger partial charge in [0.15, 0.2) is 15.8 Å². The van der Waals surface area contributed by atoms with E-state index in [4.69, 9.17) is 0 Å². The molecular formula is C14H29N3O2S2.